The number of benzene rings is 2. The maximum atomic E-state index is 12.6. The molecule has 0 bridgehead atoms. The van der Waals surface area contributed by atoms with E-state index in [0.29, 0.717) is 28.3 Å². The van der Waals surface area contributed by atoms with E-state index in [4.69, 9.17) is 9.47 Å². The molecule has 10 heteroatoms. The molecule has 9 nitrogen and oxygen atoms in total. The second-order valence-corrected chi connectivity index (χ2v) is 8.67. The lowest BCUT2D eigenvalue weighted by Gasteiger charge is -2.27. The fourth-order valence-electron chi connectivity index (χ4n) is 4.12. The van der Waals surface area contributed by atoms with Crippen LogP contribution in [0.5, 0.6) is 11.5 Å². The van der Waals surface area contributed by atoms with Crippen molar-refractivity contribution in [1.82, 2.24) is 10.9 Å². The van der Waals surface area contributed by atoms with Crippen LogP contribution in [0.3, 0.4) is 0 Å². The zero-order valence-electron chi connectivity index (χ0n) is 18.1. The van der Waals surface area contributed by atoms with Crippen molar-refractivity contribution in [1.29, 1.82) is 0 Å². The molecule has 2 aliphatic rings. The number of amides is 2. The molecule has 2 aromatic carbocycles. The second kappa shape index (κ2) is 9.14. The summed E-state index contributed by atoms with van der Waals surface area (Å²) in [5.74, 6) is -2.54. The molecule has 0 saturated heterocycles. The van der Waals surface area contributed by atoms with Crippen molar-refractivity contribution in [2.24, 2.45) is 22.0 Å². The van der Waals surface area contributed by atoms with Crippen molar-refractivity contribution in [2.75, 3.05) is 7.11 Å². The first-order valence-corrected chi connectivity index (χ1v) is 10.9. The van der Waals surface area contributed by atoms with Crippen LogP contribution < -0.4 is 20.3 Å². The van der Waals surface area contributed by atoms with Gasteiger partial charge in [-0.1, -0.05) is 28.1 Å². The summed E-state index contributed by atoms with van der Waals surface area (Å²) in [6.45, 7) is 3.47. The van der Waals surface area contributed by atoms with Crippen LogP contribution in [-0.2, 0) is 9.59 Å². The van der Waals surface area contributed by atoms with Crippen LogP contribution >= 0.6 is 15.9 Å². The van der Waals surface area contributed by atoms with Gasteiger partial charge in [0.2, 0.25) is 11.8 Å². The highest BCUT2D eigenvalue weighted by atomic mass is 79.9. The Morgan fingerprint density at radius 2 is 1.61 bits per heavy atom. The van der Waals surface area contributed by atoms with E-state index < -0.39 is 23.7 Å². The van der Waals surface area contributed by atoms with Crippen molar-refractivity contribution < 1.29 is 23.9 Å². The topological polar surface area (TPSA) is 118 Å². The summed E-state index contributed by atoms with van der Waals surface area (Å²) in [7, 11) is 1.45. The lowest BCUT2D eigenvalue weighted by Crippen LogP contribution is -2.38. The summed E-state index contributed by atoms with van der Waals surface area (Å²) in [5, 5.41) is 8.10. The number of hydrazone groups is 2. The first-order chi connectivity index (χ1) is 15.8. The molecule has 0 radical (unpaired) electrons. The number of methoxy groups -OCH3 is 1. The van der Waals surface area contributed by atoms with E-state index in [2.05, 4.69) is 37.0 Å². The number of nitrogens with zero attached hydrogens (tertiary/aromatic N) is 2. The highest BCUT2D eigenvalue weighted by Gasteiger charge is 2.46. The predicted octanol–water partition coefficient (Wildman–Crippen LogP) is 3.00. The monoisotopic (exact) mass is 512 g/mol. The molecule has 0 fully saturated rings. The van der Waals surface area contributed by atoms with Gasteiger partial charge < -0.3 is 9.47 Å². The number of halogens is 1. The third-order valence-corrected chi connectivity index (χ3v) is 6.20. The van der Waals surface area contributed by atoms with Crippen LogP contribution in [0.2, 0.25) is 0 Å². The number of esters is 1. The number of carbonyl (C=O) groups excluding carboxylic acids is 3. The predicted molar refractivity (Wildman–Crippen MR) is 124 cm³/mol. The molecule has 2 atom stereocenters. The average molecular weight is 513 g/mol. The zero-order chi connectivity index (χ0) is 23.7. The van der Waals surface area contributed by atoms with Crippen molar-refractivity contribution in [3.63, 3.8) is 0 Å². The maximum absolute atomic E-state index is 12.6. The Labute approximate surface area is 198 Å². The maximum Gasteiger partial charge on any atom is 0.343 e. The Hall–Kier alpha value is -3.53. The summed E-state index contributed by atoms with van der Waals surface area (Å²) in [6.07, 6.45) is 0. The first kappa shape index (κ1) is 22.7. The summed E-state index contributed by atoms with van der Waals surface area (Å²) in [4.78, 5) is 37.8. The van der Waals surface area contributed by atoms with Gasteiger partial charge in [0.25, 0.3) is 0 Å². The smallest absolute Gasteiger partial charge is 0.343 e. The Morgan fingerprint density at radius 3 is 2.12 bits per heavy atom. The minimum absolute atomic E-state index is 0.215. The summed E-state index contributed by atoms with van der Waals surface area (Å²) in [5.41, 5.74) is 7.14. The SMILES string of the molecule is COc1cc(C(C2C(=O)NN=C2C)C2C(=O)NN=C2C)ccc1OC(=O)c1cccc(Br)c1. The molecule has 0 saturated carbocycles. The van der Waals surface area contributed by atoms with Gasteiger partial charge in [-0.15, -0.1) is 0 Å². The third-order valence-electron chi connectivity index (χ3n) is 5.70. The van der Waals surface area contributed by atoms with Crippen molar-refractivity contribution in [2.45, 2.75) is 19.8 Å². The summed E-state index contributed by atoms with van der Waals surface area (Å²) in [6, 6.07) is 11.8. The van der Waals surface area contributed by atoms with Crippen LogP contribution in [0.25, 0.3) is 0 Å². The molecule has 2 aromatic rings. The standard InChI is InChI=1S/C23H21BrN4O5/c1-11-18(21(29)27-25-11)20(19-12(2)26-28-22(19)30)13-7-8-16(17(10-13)32-3)33-23(31)14-5-4-6-15(24)9-14/h4-10,18-20H,1-3H3,(H,27,29)(H,28,30). The number of carbonyl (C=O) groups is 3. The Morgan fingerprint density at radius 1 is 0.970 bits per heavy atom. The normalized spacial score (nSPS) is 20.5. The lowest BCUT2D eigenvalue weighted by atomic mass is 9.73. The molecule has 0 aromatic heterocycles. The van der Waals surface area contributed by atoms with Crippen LogP contribution in [0.15, 0.2) is 57.1 Å². The van der Waals surface area contributed by atoms with E-state index in [9.17, 15) is 14.4 Å². The minimum atomic E-state index is -0.663. The van der Waals surface area contributed by atoms with Crippen molar-refractivity contribution in [3.8, 4) is 11.5 Å². The average Bonchev–Trinajstić information content (AvgIpc) is 3.30. The molecular formula is C23H21BrN4O5. The number of hydrogen-bond donors (Lipinski definition) is 2. The van der Waals surface area contributed by atoms with E-state index in [1.165, 1.54) is 7.11 Å². The van der Waals surface area contributed by atoms with E-state index in [-0.39, 0.29) is 17.6 Å². The number of nitrogens with one attached hydrogen (secondary N) is 2. The van der Waals surface area contributed by atoms with Gasteiger partial charge in [0, 0.05) is 21.8 Å². The third kappa shape index (κ3) is 4.38. The van der Waals surface area contributed by atoms with E-state index >= 15 is 0 Å². The van der Waals surface area contributed by atoms with Crippen LogP contribution in [0, 0.1) is 11.8 Å². The fraction of sp³-hybridized carbons (Fsp3) is 0.261. The number of hydrogen-bond acceptors (Lipinski definition) is 7. The highest BCUT2D eigenvalue weighted by Crippen LogP contribution is 2.41. The van der Waals surface area contributed by atoms with Crippen molar-refractivity contribution >= 4 is 45.1 Å². The molecule has 0 aliphatic carbocycles. The molecule has 2 amide bonds. The molecule has 2 aliphatic heterocycles. The van der Waals surface area contributed by atoms with Gasteiger partial charge in [0.05, 0.1) is 24.5 Å². The fourth-order valence-corrected chi connectivity index (χ4v) is 4.52. The number of ether oxygens (including phenoxy) is 2. The van der Waals surface area contributed by atoms with Crippen molar-refractivity contribution in [3.05, 3.63) is 58.1 Å². The summed E-state index contributed by atoms with van der Waals surface area (Å²) < 4.78 is 11.8. The molecular weight excluding hydrogens is 492 g/mol. The Balaban J connectivity index is 1.71. The van der Waals surface area contributed by atoms with Crippen LogP contribution in [0.4, 0.5) is 0 Å². The zero-order valence-corrected chi connectivity index (χ0v) is 19.7. The molecule has 2 unspecified atom stereocenters. The molecule has 2 heterocycles. The molecule has 2 N–H and O–H groups in total. The van der Waals surface area contributed by atoms with E-state index in [1.54, 1.807) is 56.3 Å². The number of rotatable bonds is 6. The van der Waals surface area contributed by atoms with E-state index in [1.807, 2.05) is 0 Å². The lowest BCUT2D eigenvalue weighted by molar-refractivity contribution is -0.125. The van der Waals surface area contributed by atoms with Gasteiger partial charge >= 0.3 is 5.97 Å². The first-order valence-electron chi connectivity index (χ1n) is 10.1. The second-order valence-electron chi connectivity index (χ2n) is 7.75. The molecule has 4 rings (SSSR count). The van der Waals surface area contributed by atoms with Gasteiger partial charge in [-0.25, -0.2) is 15.6 Å². The van der Waals surface area contributed by atoms with Crippen LogP contribution in [-0.4, -0.2) is 36.3 Å². The van der Waals surface area contributed by atoms with Gasteiger partial charge in [-0.2, -0.15) is 10.2 Å². The van der Waals surface area contributed by atoms with Gasteiger partial charge in [-0.3, -0.25) is 9.59 Å². The Kier molecular flexibility index (Phi) is 6.28. The van der Waals surface area contributed by atoms with Gasteiger partial charge in [0.1, 0.15) is 0 Å². The largest absolute Gasteiger partial charge is 0.493 e. The van der Waals surface area contributed by atoms with Gasteiger partial charge in [0.15, 0.2) is 11.5 Å². The van der Waals surface area contributed by atoms with Gasteiger partial charge in [-0.05, 0) is 49.7 Å². The molecule has 33 heavy (non-hydrogen) atoms. The van der Waals surface area contributed by atoms with E-state index in [0.717, 1.165) is 4.47 Å². The quantitative estimate of drug-likeness (QED) is 0.455. The highest BCUT2D eigenvalue weighted by molar-refractivity contribution is 9.10. The molecule has 0 spiro atoms. The molecule has 170 valence electrons. The van der Waals surface area contributed by atoms with Crippen LogP contribution in [0.1, 0.15) is 35.7 Å². The summed E-state index contributed by atoms with van der Waals surface area (Å²) >= 11 is 3.34. The Bertz CT molecular complexity index is 1170. The minimum Gasteiger partial charge on any atom is -0.493 e.